The van der Waals surface area contributed by atoms with E-state index in [1.54, 1.807) is 42.3 Å². The first-order valence-electron chi connectivity index (χ1n) is 8.23. The van der Waals surface area contributed by atoms with E-state index in [0.29, 0.717) is 18.0 Å². The molecule has 0 radical (unpaired) electrons. The maximum atomic E-state index is 12.3. The lowest BCUT2D eigenvalue weighted by Gasteiger charge is -2.17. The van der Waals surface area contributed by atoms with Gasteiger partial charge in [-0.25, -0.2) is 4.79 Å². The molecule has 0 bridgehead atoms. The van der Waals surface area contributed by atoms with Crippen molar-refractivity contribution in [1.29, 1.82) is 0 Å². The smallest absolute Gasteiger partial charge is 0.319 e. The largest absolute Gasteiger partial charge is 0.497 e. The Kier molecular flexibility index (Phi) is 5.20. The van der Waals surface area contributed by atoms with Gasteiger partial charge in [0.2, 0.25) is 5.91 Å². The van der Waals surface area contributed by atoms with E-state index in [-0.39, 0.29) is 23.7 Å². The fraction of sp³-hybridized carbons (Fsp3) is 0.222. The molecule has 3 rings (SSSR count). The van der Waals surface area contributed by atoms with Gasteiger partial charge in [-0.1, -0.05) is 12.1 Å². The predicted molar refractivity (Wildman–Crippen MR) is 99.0 cm³/mol. The number of carbonyl (C=O) groups is 2. The minimum atomic E-state index is -0.598. The molecule has 1 aliphatic heterocycles. The zero-order chi connectivity index (χ0) is 19.4. The van der Waals surface area contributed by atoms with E-state index in [9.17, 15) is 19.7 Å². The molecule has 1 fully saturated rings. The maximum Gasteiger partial charge on any atom is 0.319 e. The third kappa shape index (κ3) is 4.14. The van der Waals surface area contributed by atoms with Crippen molar-refractivity contribution in [2.24, 2.45) is 0 Å². The molecule has 1 aliphatic rings. The monoisotopic (exact) mass is 370 g/mol. The van der Waals surface area contributed by atoms with E-state index in [1.807, 2.05) is 0 Å². The van der Waals surface area contributed by atoms with Crippen LogP contribution in [0.1, 0.15) is 6.42 Å². The van der Waals surface area contributed by atoms with Crippen LogP contribution in [0.15, 0.2) is 48.5 Å². The van der Waals surface area contributed by atoms with Crippen LogP contribution in [0.25, 0.3) is 0 Å². The Morgan fingerprint density at radius 1 is 1.22 bits per heavy atom. The summed E-state index contributed by atoms with van der Waals surface area (Å²) < 4.78 is 5.10. The van der Waals surface area contributed by atoms with Gasteiger partial charge >= 0.3 is 6.03 Å². The van der Waals surface area contributed by atoms with Crippen molar-refractivity contribution in [3.05, 3.63) is 58.6 Å². The number of ether oxygens (including phenoxy) is 1. The number of rotatable bonds is 5. The molecule has 2 aromatic carbocycles. The standard InChI is InChI=1S/C18H18N4O5/c1-27-14-8-6-13(7-9-14)21-11-12(10-17(21)23)19-18(24)20-15-4-2-3-5-16(15)22(25)26/h2-9,12H,10-11H2,1H3,(H2,19,20,24). The van der Waals surface area contributed by atoms with Crippen molar-refractivity contribution < 1.29 is 19.2 Å². The molecule has 2 aromatic rings. The van der Waals surface area contributed by atoms with Crippen LogP contribution in [-0.4, -0.2) is 36.6 Å². The molecule has 0 aromatic heterocycles. The van der Waals surface area contributed by atoms with Gasteiger partial charge in [0.25, 0.3) is 5.69 Å². The second kappa shape index (κ2) is 7.73. The molecule has 0 spiro atoms. The number of hydrogen-bond donors (Lipinski definition) is 2. The van der Waals surface area contributed by atoms with Crippen LogP contribution in [0, 0.1) is 10.1 Å². The second-order valence-electron chi connectivity index (χ2n) is 5.98. The van der Waals surface area contributed by atoms with Crippen LogP contribution < -0.4 is 20.3 Å². The van der Waals surface area contributed by atoms with Crippen LogP contribution in [0.2, 0.25) is 0 Å². The van der Waals surface area contributed by atoms with Gasteiger partial charge in [0.15, 0.2) is 0 Å². The summed E-state index contributed by atoms with van der Waals surface area (Å²) in [4.78, 5) is 36.5. The first-order valence-corrected chi connectivity index (χ1v) is 8.23. The molecular weight excluding hydrogens is 352 g/mol. The Labute approximate surface area is 155 Å². The number of para-hydroxylation sites is 2. The van der Waals surface area contributed by atoms with E-state index in [1.165, 1.54) is 18.2 Å². The number of nitro groups is 1. The van der Waals surface area contributed by atoms with Gasteiger partial charge in [-0.05, 0) is 30.3 Å². The van der Waals surface area contributed by atoms with Gasteiger partial charge in [0.1, 0.15) is 11.4 Å². The molecule has 2 N–H and O–H groups in total. The van der Waals surface area contributed by atoms with Gasteiger partial charge in [-0.3, -0.25) is 14.9 Å². The summed E-state index contributed by atoms with van der Waals surface area (Å²) in [7, 11) is 1.56. The van der Waals surface area contributed by atoms with Gasteiger partial charge in [0.05, 0.1) is 18.1 Å². The van der Waals surface area contributed by atoms with Crippen LogP contribution in [-0.2, 0) is 4.79 Å². The molecule has 1 unspecified atom stereocenters. The summed E-state index contributed by atoms with van der Waals surface area (Å²) in [5.74, 6) is 0.570. The Hall–Kier alpha value is -3.62. The van der Waals surface area contributed by atoms with E-state index in [4.69, 9.17) is 4.74 Å². The van der Waals surface area contributed by atoms with E-state index in [0.717, 1.165) is 0 Å². The number of amides is 3. The summed E-state index contributed by atoms with van der Waals surface area (Å²) in [6.07, 6.45) is 0.149. The highest BCUT2D eigenvalue weighted by molar-refractivity contribution is 5.98. The molecule has 1 atom stereocenters. The number of nitro benzene ring substituents is 1. The van der Waals surface area contributed by atoms with Crippen molar-refractivity contribution in [2.45, 2.75) is 12.5 Å². The highest BCUT2D eigenvalue weighted by atomic mass is 16.6. The van der Waals surface area contributed by atoms with Crippen LogP contribution in [0.4, 0.5) is 21.9 Å². The Balaban J connectivity index is 1.62. The number of carbonyl (C=O) groups excluding carboxylic acids is 2. The topological polar surface area (TPSA) is 114 Å². The van der Waals surface area contributed by atoms with Gasteiger partial charge in [-0.2, -0.15) is 0 Å². The lowest BCUT2D eigenvalue weighted by Crippen LogP contribution is -2.39. The lowest BCUT2D eigenvalue weighted by atomic mass is 10.2. The molecule has 27 heavy (non-hydrogen) atoms. The molecule has 1 heterocycles. The minimum absolute atomic E-state index is 0.0938. The number of hydrogen-bond acceptors (Lipinski definition) is 5. The molecular formula is C18H18N4O5. The molecule has 0 saturated carbocycles. The summed E-state index contributed by atoms with van der Waals surface area (Å²) >= 11 is 0. The normalized spacial score (nSPS) is 16.1. The van der Waals surface area contributed by atoms with Crippen molar-refractivity contribution in [3.63, 3.8) is 0 Å². The van der Waals surface area contributed by atoms with E-state index in [2.05, 4.69) is 10.6 Å². The fourth-order valence-corrected chi connectivity index (χ4v) is 2.90. The van der Waals surface area contributed by atoms with E-state index >= 15 is 0 Å². The van der Waals surface area contributed by atoms with Crippen molar-refractivity contribution >= 4 is 29.0 Å². The van der Waals surface area contributed by atoms with Crippen LogP contribution in [0.3, 0.4) is 0 Å². The maximum absolute atomic E-state index is 12.3. The number of anilines is 2. The van der Waals surface area contributed by atoms with Crippen molar-refractivity contribution in [1.82, 2.24) is 5.32 Å². The lowest BCUT2D eigenvalue weighted by molar-refractivity contribution is -0.383. The second-order valence-corrected chi connectivity index (χ2v) is 5.98. The summed E-state index contributed by atoms with van der Waals surface area (Å²) in [6, 6.07) is 11.9. The van der Waals surface area contributed by atoms with Crippen molar-refractivity contribution in [2.75, 3.05) is 23.9 Å². The minimum Gasteiger partial charge on any atom is -0.497 e. The SMILES string of the molecule is COc1ccc(N2CC(NC(=O)Nc3ccccc3[N+](=O)[O-])CC2=O)cc1. The average Bonchev–Trinajstić information content (AvgIpc) is 3.02. The highest BCUT2D eigenvalue weighted by Gasteiger charge is 2.31. The quantitative estimate of drug-likeness (QED) is 0.620. The fourth-order valence-electron chi connectivity index (χ4n) is 2.90. The number of urea groups is 1. The van der Waals surface area contributed by atoms with Crippen LogP contribution in [0.5, 0.6) is 5.75 Å². The molecule has 9 nitrogen and oxygen atoms in total. The average molecular weight is 370 g/mol. The number of nitrogens with one attached hydrogen (secondary N) is 2. The van der Waals surface area contributed by atoms with Crippen LogP contribution >= 0.6 is 0 Å². The summed E-state index contributed by atoms with van der Waals surface area (Å²) in [5, 5.41) is 16.2. The molecule has 0 aliphatic carbocycles. The third-order valence-corrected chi connectivity index (χ3v) is 4.19. The highest BCUT2D eigenvalue weighted by Crippen LogP contribution is 2.25. The van der Waals surface area contributed by atoms with E-state index < -0.39 is 17.0 Å². The van der Waals surface area contributed by atoms with Gasteiger partial charge in [-0.15, -0.1) is 0 Å². The molecule has 140 valence electrons. The number of methoxy groups -OCH3 is 1. The number of benzene rings is 2. The predicted octanol–water partition coefficient (Wildman–Crippen LogP) is 2.53. The Morgan fingerprint density at radius 3 is 2.59 bits per heavy atom. The molecule has 1 saturated heterocycles. The van der Waals surface area contributed by atoms with Gasteiger partial charge < -0.3 is 20.3 Å². The first kappa shape index (κ1) is 18.2. The zero-order valence-corrected chi connectivity index (χ0v) is 14.5. The molecule has 3 amide bonds. The number of nitrogens with zero attached hydrogens (tertiary/aromatic N) is 2. The Bertz CT molecular complexity index is 868. The Morgan fingerprint density at radius 2 is 1.93 bits per heavy atom. The zero-order valence-electron chi connectivity index (χ0n) is 14.5. The summed E-state index contributed by atoms with van der Waals surface area (Å²) in [5.41, 5.74) is 0.607. The third-order valence-electron chi connectivity index (χ3n) is 4.19. The van der Waals surface area contributed by atoms with Crippen molar-refractivity contribution in [3.8, 4) is 5.75 Å². The van der Waals surface area contributed by atoms with Gasteiger partial charge in [0, 0.05) is 24.7 Å². The summed E-state index contributed by atoms with van der Waals surface area (Å²) in [6.45, 7) is 0.315. The first-order chi connectivity index (χ1) is 13.0. The molecule has 9 heteroatoms.